The van der Waals surface area contributed by atoms with Gasteiger partial charge >= 0.3 is 0 Å². The number of nitrogens with one attached hydrogen (secondary N) is 2. The van der Waals surface area contributed by atoms with Crippen LogP contribution in [0.2, 0.25) is 0 Å². The fraction of sp³-hybridized carbons (Fsp3) is 0.647. The van der Waals surface area contributed by atoms with E-state index in [2.05, 4.69) is 61.7 Å². The molecule has 1 aromatic carbocycles. The van der Waals surface area contributed by atoms with Gasteiger partial charge in [-0.2, -0.15) is 0 Å². The van der Waals surface area contributed by atoms with Gasteiger partial charge in [0.1, 0.15) is 0 Å². The van der Waals surface area contributed by atoms with E-state index in [9.17, 15) is 0 Å². The van der Waals surface area contributed by atoms with Crippen molar-refractivity contribution in [3.05, 3.63) is 35.9 Å². The summed E-state index contributed by atoms with van der Waals surface area (Å²) >= 11 is 0. The van der Waals surface area contributed by atoms with Crippen LogP contribution in [0.4, 0.5) is 0 Å². The summed E-state index contributed by atoms with van der Waals surface area (Å²) in [5.74, 6) is 0.760. The Balaban J connectivity index is 1.40. The molecule has 2 heteroatoms. The first-order valence-corrected chi connectivity index (χ1v) is 7.60. The monoisotopic (exact) mass is 258 g/mol. The van der Waals surface area contributed by atoms with Crippen LogP contribution in [-0.2, 0) is 0 Å². The van der Waals surface area contributed by atoms with E-state index in [1.807, 2.05) is 0 Å². The van der Waals surface area contributed by atoms with E-state index < -0.39 is 0 Å². The van der Waals surface area contributed by atoms with Crippen molar-refractivity contribution in [3.8, 4) is 0 Å². The summed E-state index contributed by atoms with van der Waals surface area (Å²) in [6.45, 7) is 6.75. The minimum absolute atomic E-state index is 0.252. The van der Waals surface area contributed by atoms with Crippen LogP contribution in [0.5, 0.6) is 0 Å². The fourth-order valence-corrected chi connectivity index (χ4v) is 3.23. The van der Waals surface area contributed by atoms with E-state index in [0.29, 0.717) is 6.04 Å². The van der Waals surface area contributed by atoms with Gasteiger partial charge in [0, 0.05) is 29.6 Å². The van der Waals surface area contributed by atoms with E-state index in [1.165, 1.54) is 24.8 Å². The predicted octanol–water partition coefficient (Wildman–Crippen LogP) is 3.05. The van der Waals surface area contributed by atoms with Gasteiger partial charge in [-0.3, -0.25) is 0 Å². The molecule has 0 amide bonds. The van der Waals surface area contributed by atoms with Gasteiger partial charge in [0.15, 0.2) is 0 Å². The molecule has 1 aromatic rings. The number of benzene rings is 1. The molecule has 0 aromatic heterocycles. The zero-order chi connectivity index (χ0) is 13.5. The van der Waals surface area contributed by atoms with Crippen LogP contribution in [0.3, 0.4) is 0 Å². The van der Waals surface area contributed by atoms with Crippen LogP contribution >= 0.6 is 0 Å². The van der Waals surface area contributed by atoms with Gasteiger partial charge in [-0.1, -0.05) is 30.3 Å². The zero-order valence-corrected chi connectivity index (χ0v) is 12.3. The van der Waals surface area contributed by atoms with Gasteiger partial charge in [-0.25, -0.2) is 0 Å². The van der Waals surface area contributed by atoms with E-state index in [-0.39, 0.29) is 5.54 Å². The lowest BCUT2D eigenvalue weighted by molar-refractivity contribution is 0.206. The number of hydrogen-bond donors (Lipinski definition) is 2. The first-order valence-electron chi connectivity index (χ1n) is 7.60. The summed E-state index contributed by atoms with van der Waals surface area (Å²) in [6.07, 6.45) is 3.89. The second kappa shape index (κ2) is 4.92. The summed E-state index contributed by atoms with van der Waals surface area (Å²) in [4.78, 5) is 0. The Labute approximate surface area is 117 Å². The first kappa shape index (κ1) is 13.1. The maximum Gasteiger partial charge on any atom is 0.0145 e. The average molecular weight is 258 g/mol. The number of rotatable bonds is 4. The van der Waals surface area contributed by atoms with Gasteiger partial charge in [-0.15, -0.1) is 0 Å². The van der Waals surface area contributed by atoms with Crippen molar-refractivity contribution in [2.75, 3.05) is 0 Å². The molecule has 19 heavy (non-hydrogen) atoms. The predicted molar refractivity (Wildman–Crippen MR) is 80.4 cm³/mol. The molecule has 0 aliphatic heterocycles. The Morgan fingerprint density at radius 3 is 2.26 bits per heavy atom. The molecule has 0 spiro atoms. The fourth-order valence-electron chi connectivity index (χ4n) is 3.23. The zero-order valence-electron chi connectivity index (χ0n) is 12.3. The largest absolute Gasteiger partial charge is 0.310 e. The highest BCUT2D eigenvalue weighted by Gasteiger charge is 2.42. The van der Waals surface area contributed by atoms with E-state index >= 15 is 0 Å². The summed E-state index contributed by atoms with van der Waals surface area (Å²) in [6, 6.07) is 13.1. The third kappa shape index (κ3) is 3.37. The van der Waals surface area contributed by atoms with Crippen LogP contribution in [0.15, 0.2) is 30.3 Å². The molecule has 0 bridgehead atoms. The third-order valence-electron chi connectivity index (χ3n) is 4.24. The highest BCUT2D eigenvalue weighted by molar-refractivity contribution is 5.28. The van der Waals surface area contributed by atoms with Gasteiger partial charge in [0.25, 0.3) is 0 Å². The van der Waals surface area contributed by atoms with Crippen molar-refractivity contribution in [1.82, 2.24) is 10.6 Å². The normalized spacial score (nSPS) is 33.8. The molecule has 2 aliphatic rings. The summed E-state index contributed by atoms with van der Waals surface area (Å²) in [5, 5.41) is 7.50. The smallest absolute Gasteiger partial charge is 0.0145 e. The molecule has 0 radical (unpaired) electrons. The molecule has 2 atom stereocenters. The van der Waals surface area contributed by atoms with Gasteiger partial charge < -0.3 is 10.6 Å². The standard InChI is InChI=1S/C17H26N2/c1-17(2,3)19-14-9-13(10-14)18-16-11-15(16)12-7-5-4-6-8-12/h4-8,13-16,18-19H,9-11H2,1-3H3. The topological polar surface area (TPSA) is 24.1 Å². The molecular weight excluding hydrogens is 232 g/mol. The molecule has 0 heterocycles. The SMILES string of the molecule is CC(C)(C)NC1CC(NC2CC2c2ccccc2)C1. The third-order valence-corrected chi connectivity index (χ3v) is 4.24. The lowest BCUT2D eigenvalue weighted by Crippen LogP contribution is -2.56. The Hall–Kier alpha value is -0.860. The number of hydrogen-bond acceptors (Lipinski definition) is 2. The Kier molecular flexibility index (Phi) is 3.40. The lowest BCUT2D eigenvalue weighted by Gasteiger charge is -2.41. The lowest BCUT2D eigenvalue weighted by atomic mass is 9.85. The molecular formula is C17H26N2. The van der Waals surface area contributed by atoms with Crippen molar-refractivity contribution in [2.45, 2.75) is 69.6 Å². The van der Waals surface area contributed by atoms with Crippen molar-refractivity contribution < 1.29 is 0 Å². The van der Waals surface area contributed by atoms with Crippen molar-refractivity contribution in [3.63, 3.8) is 0 Å². The van der Waals surface area contributed by atoms with E-state index in [0.717, 1.165) is 18.0 Å². The minimum atomic E-state index is 0.252. The van der Waals surface area contributed by atoms with Crippen LogP contribution in [-0.4, -0.2) is 23.7 Å². The van der Waals surface area contributed by atoms with Crippen LogP contribution in [0.25, 0.3) is 0 Å². The van der Waals surface area contributed by atoms with E-state index in [4.69, 9.17) is 0 Å². The average Bonchev–Trinajstić information content (AvgIpc) is 3.05. The van der Waals surface area contributed by atoms with Gasteiger partial charge in [0.05, 0.1) is 0 Å². The van der Waals surface area contributed by atoms with Gasteiger partial charge in [-0.05, 0) is 45.6 Å². The highest BCUT2D eigenvalue weighted by Crippen LogP contribution is 2.42. The minimum Gasteiger partial charge on any atom is -0.310 e. The van der Waals surface area contributed by atoms with Crippen molar-refractivity contribution in [1.29, 1.82) is 0 Å². The molecule has 2 N–H and O–H groups in total. The molecule has 2 fully saturated rings. The summed E-state index contributed by atoms with van der Waals surface area (Å²) in [5.41, 5.74) is 1.76. The second-order valence-corrected chi connectivity index (χ2v) is 7.29. The first-order chi connectivity index (χ1) is 9.01. The summed E-state index contributed by atoms with van der Waals surface area (Å²) < 4.78 is 0. The molecule has 2 aliphatic carbocycles. The van der Waals surface area contributed by atoms with Crippen molar-refractivity contribution >= 4 is 0 Å². The Morgan fingerprint density at radius 1 is 0.947 bits per heavy atom. The van der Waals surface area contributed by atoms with Crippen LogP contribution in [0.1, 0.15) is 51.5 Å². The highest BCUT2D eigenvalue weighted by atomic mass is 15.1. The van der Waals surface area contributed by atoms with Crippen LogP contribution in [0, 0.1) is 0 Å². The molecule has 104 valence electrons. The maximum absolute atomic E-state index is 3.81. The van der Waals surface area contributed by atoms with Crippen LogP contribution < -0.4 is 10.6 Å². The molecule has 0 saturated heterocycles. The maximum atomic E-state index is 3.81. The van der Waals surface area contributed by atoms with Gasteiger partial charge in [0.2, 0.25) is 0 Å². The molecule has 2 saturated carbocycles. The second-order valence-electron chi connectivity index (χ2n) is 7.29. The molecule has 3 rings (SSSR count). The molecule has 2 nitrogen and oxygen atoms in total. The Bertz CT molecular complexity index is 415. The van der Waals surface area contributed by atoms with E-state index in [1.54, 1.807) is 0 Å². The Morgan fingerprint density at radius 2 is 1.63 bits per heavy atom. The molecule has 2 unspecified atom stereocenters. The quantitative estimate of drug-likeness (QED) is 0.867. The van der Waals surface area contributed by atoms with Crippen molar-refractivity contribution in [2.24, 2.45) is 0 Å². The summed E-state index contributed by atoms with van der Waals surface area (Å²) in [7, 11) is 0.